The Bertz CT molecular complexity index is 763. The van der Waals surface area contributed by atoms with Crippen LogP contribution in [-0.2, 0) is 24.8 Å². The third kappa shape index (κ3) is 3.46. The van der Waals surface area contributed by atoms with E-state index < -0.39 is 18.3 Å². The van der Waals surface area contributed by atoms with Crippen molar-refractivity contribution >= 4 is 5.97 Å². The van der Waals surface area contributed by atoms with E-state index in [-0.39, 0.29) is 24.5 Å². The van der Waals surface area contributed by atoms with Crippen LogP contribution in [0.4, 0.5) is 8.78 Å². The number of ether oxygens (including phenoxy) is 2. The quantitative estimate of drug-likeness (QED) is 0.830. The van der Waals surface area contributed by atoms with Crippen LogP contribution >= 0.6 is 0 Å². The second-order valence-corrected chi connectivity index (χ2v) is 5.41. The van der Waals surface area contributed by atoms with Gasteiger partial charge in [-0.15, -0.1) is 8.78 Å². The molecule has 1 atom stereocenters. The molecule has 9 heteroatoms. The van der Waals surface area contributed by atoms with Crippen LogP contribution in [0.5, 0.6) is 11.5 Å². The summed E-state index contributed by atoms with van der Waals surface area (Å²) in [7, 11) is 1.73. The van der Waals surface area contributed by atoms with Gasteiger partial charge in [-0.25, -0.2) is 0 Å². The molecule has 0 aliphatic carbocycles. The highest BCUT2D eigenvalue weighted by atomic mass is 19.3. The molecule has 0 amide bonds. The molecule has 0 fully saturated rings. The van der Waals surface area contributed by atoms with E-state index in [1.165, 1.54) is 12.1 Å². The molecule has 1 aliphatic heterocycles. The highest BCUT2D eigenvalue weighted by molar-refractivity contribution is 5.73. The van der Waals surface area contributed by atoms with Gasteiger partial charge < -0.3 is 14.6 Å². The summed E-state index contributed by atoms with van der Waals surface area (Å²) >= 11 is 0. The van der Waals surface area contributed by atoms with E-state index in [9.17, 15) is 18.7 Å². The van der Waals surface area contributed by atoms with Crippen LogP contribution in [0.2, 0.25) is 0 Å². The van der Waals surface area contributed by atoms with Crippen molar-refractivity contribution in [3.05, 3.63) is 41.7 Å². The molecular weight excluding hydrogens is 324 g/mol. The summed E-state index contributed by atoms with van der Waals surface area (Å²) in [6.07, 6.45) is -0.198. The fraction of sp³-hybridized carbons (Fsp3) is 0.333. The van der Waals surface area contributed by atoms with Gasteiger partial charge in [-0.2, -0.15) is 5.10 Å². The molecule has 24 heavy (non-hydrogen) atoms. The molecule has 1 unspecified atom stereocenters. The zero-order valence-electron chi connectivity index (χ0n) is 12.7. The Hall–Kier alpha value is -2.68. The lowest BCUT2D eigenvalue weighted by Crippen LogP contribution is -2.38. The third-order valence-corrected chi connectivity index (χ3v) is 3.55. The second-order valence-electron chi connectivity index (χ2n) is 5.41. The van der Waals surface area contributed by atoms with E-state index in [1.54, 1.807) is 30.2 Å². The molecule has 2 aromatic rings. The van der Waals surface area contributed by atoms with Crippen molar-refractivity contribution < 1.29 is 28.2 Å². The number of halogens is 2. The number of para-hydroxylation sites is 1. The predicted molar refractivity (Wildman–Crippen MR) is 77.8 cm³/mol. The van der Waals surface area contributed by atoms with E-state index in [2.05, 4.69) is 19.9 Å². The molecule has 3 rings (SSSR count). The first-order valence-corrected chi connectivity index (χ1v) is 7.15. The Kier molecular flexibility index (Phi) is 4.10. The van der Waals surface area contributed by atoms with Crippen molar-refractivity contribution in [3.63, 3.8) is 0 Å². The van der Waals surface area contributed by atoms with Crippen LogP contribution in [0.3, 0.4) is 0 Å². The van der Waals surface area contributed by atoms with Gasteiger partial charge in [0, 0.05) is 31.8 Å². The molecule has 0 spiro atoms. The summed E-state index contributed by atoms with van der Waals surface area (Å²) in [5.41, 5.74) is 1.14. The third-order valence-electron chi connectivity index (χ3n) is 3.55. The van der Waals surface area contributed by atoms with Crippen LogP contribution in [0, 0.1) is 0 Å². The number of aromatic nitrogens is 2. The Morgan fingerprint density at radius 2 is 2.25 bits per heavy atom. The van der Waals surface area contributed by atoms with Gasteiger partial charge in [0.1, 0.15) is 6.04 Å². The van der Waals surface area contributed by atoms with Crippen LogP contribution in [0.15, 0.2) is 30.6 Å². The van der Waals surface area contributed by atoms with E-state index >= 15 is 0 Å². The van der Waals surface area contributed by atoms with Crippen molar-refractivity contribution in [3.8, 4) is 11.5 Å². The maximum Gasteiger partial charge on any atom is 0.586 e. The number of aryl methyl sites for hydroxylation is 1. The fourth-order valence-corrected chi connectivity index (χ4v) is 2.46. The number of fused-ring (bicyclic) bond motifs is 1. The molecule has 2 heterocycles. The SMILES string of the molecule is Cn1cc(CC(NCc2cccc3c2OC(F)(F)O3)C(=O)O)cn1. The number of rotatable bonds is 6. The molecule has 1 aliphatic rings. The average molecular weight is 339 g/mol. The molecule has 7 nitrogen and oxygen atoms in total. The van der Waals surface area contributed by atoms with Crippen molar-refractivity contribution in [1.29, 1.82) is 0 Å². The van der Waals surface area contributed by atoms with Gasteiger partial charge in [-0.3, -0.25) is 14.8 Å². The summed E-state index contributed by atoms with van der Waals surface area (Å²) in [4.78, 5) is 11.4. The average Bonchev–Trinajstić information content (AvgIpc) is 3.04. The number of nitrogens with one attached hydrogen (secondary N) is 1. The number of alkyl halides is 2. The molecule has 1 aromatic carbocycles. The van der Waals surface area contributed by atoms with E-state index in [4.69, 9.17) is 0 Å². The van der Waals surface area contributed by atoms with E-state index in [0.717, 1.165) is 5.56 Å². The summed E-state index contributed by atoms with van der Waals surface area (Å²) in [5.74, 6) is -1.20. The zero-order valence-corrected chi connectivity index (χ0v) is 12.7. The van der Waals surface area contributed by atoms with E-state index in [1.807, 2.05) is 0 Å². The minimum absolute atomic E-state index is 0.0415. The lowest BCUT2D eigenvalue weighted by atomic mass is 10.1. The summed E-state index contributed by atoms with van der Waals surface area (Å²) in [6.45, 7) is 0.0415. The molecule has 2 N–H and O–H groups in total. The highest BCUT2D eigenvalue weighted by Crippen LogP contribution is 2.43. The molecule has 0 saturated carbocycles. The summed E-state index contributed by atoms with van der Waals surface area (Å²) in [6, 6.07) is 3.58. The number of carboxylic acids is 1. The van der Waals surface area contributed by atoms with Gasteiger partial charge in [-0.1, -0.05) is 12.1 Å². The molecule has 1 aromatic heterocycles. The summed E-state index contributed by atoms with van der Waals surface area (Å²) < 4.78 is 36.8. The molecule has 128 valence electrons. The number of benzene rings is 1. The highest BCUT2D eigenvalue weighted by Gasteiger charge is 2.44. The number of carboxylic acid groups (broad SMARTS) is 1. The first-order valence-electron chi connectivity index (χ1n) is 7.15. The van der Waals surface area contributed by atoms with Gasteiger partial charge >= 0.3 is 12.3 Å². The predicted octanol–water partition coefficient (Wildman–Crippen LogP) is 1.53. The second kappa shape index (κ2) is 6.08. The smallest absolute Gasteiger partial charge is 0.480 e. The van der Waals surface area contributed by atoms with Crippen LogP contribution < -0.4 is 14.8 Å². The Labute approximate surface area is 135 Å². The lowest BCUT2D eigenvalue weighted by molar-refractivity contribution is -0.287. The maximum absolute atomic E-state index is 13.2. The van der Waals surface area contributed by atoms with E-state index in [0.29, 0.717) is 5.56 Å². The number of carbonyl (C=O) groups is 1. The topological polar surface area (TPSA) is 85.6 Å². The molecular formula is C15H15F2N3O4. The Balaban J connectivity index is 1.70. The van der Waals surface area contributed by atoms with Crippen LogP contribution in [0.25, 0.3) is 0 Å². The minimum atomic E-state index is -3.71. The number of aliphatic carboxylic acids is 1. The first-order chi connectivity index (χ1) is 11.3. The van der Waals surface area contributed by atoms with Gasteiger partial charge in [0.15, 0.2) is 11.5 Å². The largest absolute Gasteiger partial charge is 0.586 e. The number of hydrogen-bond acceptors (Lipinski definition) is 5. The van der Waals surface area contributed by atoms with Gasteiger partial charge in [0.2, 0.25) is 0 Å². The standard InChI is InChI=1S/C15H15F2N3O4/c1-20-8-9(6-19-20)5-11(14(21)22)18-7-10-3-2-4-12-13(10)24-15(16,17)23-12/h2-4,6,8,11,18H,5,7H2,1H3,(H,21,22). The van der Waals surface area contributed by atoms with Gasteiger partial charge in [-0.05, 0) is 11.6 Å². The van der Waals surface area contributed by atoms with Crippen molar-refractivity contribution in [2.75, 3.05) is 0 Å². The molecule has 0 bridgehead atoms. The van der Waals surface area contributed by atoms with Crippen molar-refractivity contribution in [2.24, 2.45) is 7.05 Å². The van der Waals surface area contributed by atoms with Crippen LogP contribution in [0.1, 0.15) is 11.1 Å². The zero-order chi connectivity index (χ0) is 17.3. The Morgan fingerprint density at radius 3 is 2.92 bits per heavy atom. The first kappa shape index (κ1) is 16.2. The normalized spacial score (nSPS) is 16.1. The Morgan fingerprint density at radius 1 is 1.46 bits per heavy atom. The summed E-state index contributed by atoms with van der Waals surface area (Å²) in [5, 5.41) is 16.2. The minimum Gasteiger partial charge on any atom is -0.480 e. The van der Waals surface area contributed by atoms with Crippen LogP contribution in [-0.4, -0.2) is 33.2 Å². The fourth-order valence-electron chi connectivity index (χ4n) is 2.46. The molecule has 0 saturated heterocycles. The van der Waals surface area contributed by atoms with Gasteiger partial charge in [0.25, 0.3) is 0 Å². The molecule has 0 radical (unpaired) electrons. The van der Waals surface area contributed by atoms with Gasteiger partial charge in [0.05, 0.1) is 6.20 Å². The van der Waals surface area contributed by atoms with Crippen molar-refractivity contribution in [2.45, 2.75) is 25.3 Å². The monoisotopic (exact) mass is 339 g/mol. The maximum atomic E-state index is 13.2. The van der Waals surface area contributed by atoms with Crippen molar-refractivity contribution in [1.82, 2.24) is 15.1 Å². The number of nitrogens with zero attached hydrogens (tertiary/aromatic N) is 2. The number of hydrogen-bond donors (Lipinski definition) is 2. The lowest BCUT2D eigenvalue weighted by Gasteiger charge is -2.14.